The largest absolute Gasteiger partial charge is 0.387 e. The van der Waals surface area contributed by atoms with Crippen molar-refractivity contribution in [3.8, 4) is 0 Å². The smallest absolute Gasteiger partial charge is 0.103 e. The number of benzene rings is 1. The van der Waals surface area contributed by atoms with Crippen LogP contribution in [-0.4, -0.2) is 5.84 Å². The third-order valence-corrected chi connectivity index (χ3v) is 3.15. The number of amidine groups is 1. The molecule has 0 atom stereocenters. The predicted molar refractivity (Wildman–Crippen MR) is 67.6 cm³/mol. The van der Waals surface area contributed by atoms with Crippen molar-refractivity contribution in [2.24, 2.45) is 16.6 Å². The minimum atomic E-state index is 0.535. The van der Waals surface area contributed by atoms with Crippen molar-refractivity contribution in [2.45, 2.75) is 26.7 Å². The molecule has 0 aliphatic heterocycles. The Bertz CT molecular complexity index is 397. The third kappa shape index (κ3) is 2.40. The van der Waals surface area contributed by atoms with Gasteiger partial charge in [0.25, 0.3) is 0 Å². The number of rotatable bonds is 2. The first-order chi connectivity index (χ1) is 7.08. The summed E-state index contributed by atoms with van der Waals surface area (Å²) in [4.78, 5) is 4.53. The van der Waals surface area contributed by atoms with Gasteiger partial charge >= 0.3 is 0 Å². The fourth-order valence-electron chi connectivity index (χ4n) is 1.68. The molecule has 2 rings (SSSR count). The molecule has 0 radical (unpaired) electrons. The van der Waals surface area contributed by atoms with Crippen LogP contribution >= 0.6 is 15.9 Å². The molecule has 0 unspecified atom stereocenters. The molecule has 1 aliphatic rings. The quantitative estimate of drug-likeness (QED) is 0.646. The van der Waals surface area contributed by atoms with Gasteiger partial charge in [0.1, 0.15) is 5.84 Å². The van der Waals surface area contributed by atoms with E-state index in [0.717, 1.165) is 16.0 Å². The first-order valence-corrected chi connectivity index (χ1v) is 5.98. The molecule has 0 bridgehead atoms. The molecule has 0 saturated heterocycles. The summed E-state index contributed by atoms with van der Waals surface area (Å²) < 4.78 is 1.10. The summed E-state index contributed by atoms with van der Waals surface area (Å²) >= 11 is 3.47. The van der Waals surface area contributed by atoms with Crippen LogP contribution in [0.2, 0.25) is 0 Å². The van der Waals surface area contributed by atoms with Crippen LogP contribution in [0.5, 0.6) is 0 Å². The number of nitrogens with two attached hydrogens (primary N) is 1. The van der Waals surface area contributed by atoms with E-state index in [0.29, 0.717) is 5.92 Å². The fourth-order valence-corrected chi connectivity index (χ4v) is 2.37. The Kier molecular flexibility index (Phi) is 2.83. The van der Waals surface area contributed by atoms with E-state index < -0.39 is 0 Å². The van der Waals surface area contributed by atoms with Crippen molar-refractivity contribution in [1.82, 2.24) is 0 Å². The van der Waals surface area contributed by atoms with Gasteiger partial charge in [0, 0.05) is 10.4 Å². The van der Waals surface area contributed by atoms with E-state index in [1.165, 1.54) is 24.0 Å². The van der Waals surface area contributed by atoms with Crippen molar-refractivity contribution < 1.29 is 0 Å². The highest BCUT2D eigenvalue weighted by Gasteiger charge is 2.25. The molecule has 0 spiro atoms. The van der Waals surface area contributed by atoms with Gasteiger partial charge < -0.3 is 5.73 Å². The van der Waals surface area contributed by atoms with E-state index in [9.17, 15) is 0 Å². The summed E-state index contributed by atoms with van der Waals surface area (Å²) in [6.07, 6.45) is 2.40. The van der Waals surface area contributed by atoms with Gasteiger partial charge in [-0.25, -0.2) is 4.99 Å². The summed E-state index contributed by atoms with van der Waals surface area (Å²) in [5.74, 6) is 1.33. The highest BCUT2D eigenvalue weighted by atomic mass is 79.9. The number of hydrogen-bond donors (Lipinski definition) is 1. The van der Waals surface area contributed by atoms with Gasteiger partial charge in [-0.3, -0.25) is 0 Å². The van der Waals surface area contributed by atoms with E-state index in [1.54, 1.807) is 0 Å². The predicted octanol–water partition coefficient (Wildman–Crippen LogP) is 3.46. The van der Waals surface area contributed by atoms with Crippen LogP contribution in [0.15, 0.2) is 21.6 Å². The molecule has 1 saturated carbocycles. The maximum absolute atomic E-state index is 5.93. The standard InChI is InChI=1S/C12H15BrN2/c1-7-5-10(13)6-8(2)11(7)15-12(14)9-3-4-9/h5-6,9H,3-4H2,1-2H3,(H2,14,15). The molecule has 1 aromatic rings. The zero-order chi connectivity index (χ0) is 11.0. The van der Waals surface area contributed by atoms with Crippen LogP contribution in [0.25, 0.3) is 0 Å². The van der Waals surface area contributed by atoms with Crippen LogP contribution < -0.4 is 5.73 Å². The number of aliphatic imine (C=N–C) groups is 1. The Balaban J connectivity index is 2.39. The van der Waals surface area contributed by atoms with Gasteiger partial charge in [-0.1, -0.05) is 15.9 Å². The Morgan fingerprint density at radius 3 is 2.33 bits per heavy atom. The highest BCUT2D eigenvalue weighted by molar-refractivity contribution is 9.10. The Hall–Kier alpha value is -0.830. The lowest BCUT2D eigenvalue weighted by molar-refractivity contribution is 1.15. The number of hydrogen-bond acceptors (Lipinski definition) is 1. The molecule has 3 heteroatoms. The molecule has 15 heavy (non-hydrogen) atoms. The highest BCUT2D eigenvalue weighted by Crippen LogP contribution is 2.32. The average molecular weight is 267 g/mol. The minimum Gasteiger partial charge on any atom is -0.387 e. The maximum atomic E-state index is 5.93. The topological polar surface area (TPSA) is 38.4 Å². The van der Waals surface area contributed by atoms with Gasteiger partial charge in [0.2, 0.25) is 0 Å². The second-order valence-electron chi connectivity index (χ2n) is 4.20. The second kappa shape index (κ2) is 3.97. The molecule has 0 amide bonds. The van der Waals surface area contributed by atoms with Gasteiger partial charge in [0.05, 0.1) is 5.69 Å². The Morgan fingerprint density at radius 1 is 1.33 bits per heavy atom. The molecule has 1 aromatic carbocycles. The van der Waals surface area contributed by atoms with E-state index in [1.807, 2.05) is 0 Å². The zero-order valence-corrected chi connectivity index (χ0v) is 10.6. The zero-order valence-electron chi connectivity index (χ0n) is 9.05. The first-order valence-electron chi connectivity index (χ1n) is 5.18. The molecule has 80 valence electrons. The number of aryl methyl sites for hydroxylation is 2. The molecule has 2 nitrogen and oxygen atoms in total. The van der Waals surface area contributed by atoms with E-state index in [-0.39, 0.29) is 0 Å². The van der Waals surface area contributed by atoms with Crippen LogP contribution in [-0.2, 0) is 0 Å². The lowest BCUT2D eigenvalue weighted by atomic mass is 10.1. The summed E-state index contributed by atoms with van der Waals surface area (Å²) in [7, 11) is 0. The van der Waals surface area contributed by atoms with Crippen molar-refractivity contribution in [2.75, 3.05) is 0 Å². The van der Waals surface area contributed by atoms with Crippen LogP contribution in [0.3, 0.4) is 0 Å². The van der Waals surface area contributed by atoms with Gasteiger partial charge in [-0.15, -0.1) is 0 Å². The first kappa shape index (κ1) is 10.7. The number of halogens is 1. The van der Waals surface area contributed by atoms with Crippen molar-refractivity contribution >= 4 is 27.5 Å². The average Bonchev–Trinajstić information content (AvgIpc) is 2.93. The Labute approximate surface area is 98.7 Å². The molecule has 1 aliphatic carbocycles. The lowest BCUT2D eigenvalue weighted by Gasteiger charge is -2.07. The molecule has 2 N–H and O–H groups in total. The molecule has 1 fully saturated rings. The minimum absolute atomic E-state index is 0.535. The van der Waals surface area contributed by atoms with Gasteiger partial charge in [-0.2, -0.15) is 0 Å². The van der Waals surface area contributed by atoms with Crippen molar-refractivity contribution in [3.63, 3.8) is 0 Å². The summed E-state index contributed by atoms with van der Waals surface area (Å²) in [5.41, 5.74) is 9.30. The Morgan fingerprint density at radius 2 is 1.87 bits per heavy atom. The normalized spacial score (nSPS) is 16.9. The fraction of sp³-hybridized carbons (Fsp3) is 0.417. The van der Waals surface area contributed by atoms with E-state index >= 15 is 0 Å². The van der Waals surface area contributed by atoms with Gasteiger partial charge in [-0.05, 0) is 49.9 Å². The molecule has 0 heterocycles. The second-order valence-corrected chi connectivity index (χ2v) is 5.11. The SMILES string of the molecule is Cc1cc(Br)cc(C)c1N=C(N)C1CC1. The maximum Gasteiger partial charge on any atom is 0.103 e. The van der Waals surface area contributed by atoms with E-state index in [2.05, 4.69) is 46.9 Å². The monoisotopic (exact) mass is 266 g/mol. The van der Waals surface area contributed by atoms with Crippen LogP contribution in [0.1, 0.15) is 24.0 Å². The molecule has 0 aromatic heterocycles. The van der Waals surface area contributed by atoms with Crippen molar-refractivity contribution in [1.29, 1.82) is 0 Å². The van der Waals surface area contributed by atoms with E-state index in [4.69, 9.17) is 5.73 Å². The van der Waals surface area contributed by atoms with Gasteiger partial charge in [0.15, 0.2) is 0 Å². The third-order valence-electron chi connectivity index (χ3n) is 2.69. The van der Waals surface area contributed by atoms with Crippen molar-refractivity contribution in [3.05, 3.63) is 27.7 Å². The lowest BCUT2D eigenvalue weighted by Crippen LogP contribution is -2.13. The summed E-state index contributed by atoms with van der Waals surface area (Å²) in [5, 5.41) is 0. The van der Waals surface area contributed by atoms with Crippen LogP contribution in [0, 0.1) is 19.8 Å². The summed E-state index contributed by atoms with van der Waals surface area (Å²) in [6.45, 7) is 4.13. The number of nitrogens with zero attached hydrogens (tertiary/aromatic N) is 1. The summed E-state index contributed by atoms with van der Waals surface area (Å²) in [6, 6.07) is 4.15. The molecular weight excluding hydrogens is 252 g/mol. The van der Waals surface area contributed by atoms with Crippen LogP contribution in [0.4, 0.5) is 5.69 Å². The molecular formula is C12H15BrN2.